The molecule has 1 aromatic heterocycles. The van der Waals surface area contributed by atoms with E-state index in [0.717, 1.165) is 5.56 Å². The summed E-state index contributed by atoms with van der Waals surface area (Å²) in [6, 6.07) is 9.42. The van der Waals surface area contributed by atoms with Crippen molar-refractivity contribution >= 4 is 40.9 Å². The molecule has 0 aliphatic carbocycles. The van der Waals surface area contributed by atoms with Crippen molar-refractivity contribution in [3.63, 3.8) is 0 Å². The SMILES string of the molecule is CC(C)CC[C@@H](C(=O)N[C@@H](Cc1ccc(Cl)cc1)C(=O)NCc1ccco1)[C@@H](Cl)C(=O)NO. The number of halogens is 2. The molecule has 0 spiro atoms. The van der Waals surface area contributed by atoms with Crippen molar-refractivity contribution < 1.29 is 24.0 Å². The van der Waals surface area contributed by atoms with E-state index in [1.807, 2.05) is 13.8 Å². The minimum absolute atomic E-state index is 0.153. The van der Waals surface area contributed by atoms with E-state index in [0.29, 0.717) is 23.6 Å². The lowest BCUT2D eigenvalue weighted by atomic mass is 9.93. The number of alkyl halides is 1. The molecular formula is C23H29Cl2N3O5. The van der Waals surface area contributed by atoms with Gasteiger partial charge in [0.25, 0.3) is 5.91 Å². The van der Waals surface area contributed by atoms with Crippen molar-refractivity contribution in [1.29, 1.82) is 0 Å². The quantitative estimate of drug-likeness (QED) is 0.203. The molecular weight excluding hydrogens is 469 g/mol. The largest absolute Gasteiger partial charge is 0.467 e. The zero-order valence-corrected chi connectivity index (χ0v) is 20.0. The van der Waals surface area contributed by atoms with Gasteiger partial charge in [-0.05, 0) is 42.2 Å². The third kappa shape index (κ3) is 8.72. The molecule has 1 heterocycles. The second-order valence-electron chi connectivity index (χ2n) is 8.14. The number of hydrogen-bond donors (Lipinski definition) is 4. The van der Waals surface area contributed by atoms with Crippen molar-refractivity contribution in [1.82, 2.24) is 16.1 Å². The molecule has 3 atom stereocenters. The van der Waals surface area contributed by atoms with Gasteiger partial charge in [0, 0.05) is 11.4 Å². The van der Waals surface area contributed by atoms with E-state index in [2.05, 4.69) is 10.6 Å². The van der Waals surface area contributed by atoms with Gasteiger partial charge in [-0.15, -0.1) is 11.6 Å². The van der Waals surface area contributed by atoms with E-state index in [4.69, 9.17) is 32.8 Å². The molecule has 8 nitrogen and oxygen atoms in total. The maximum Gasteiger partial charge on any atom is 0.262 e. The first kappa shape index (κ1) is 26.7. The molecule has 0 saturated carbocycles. The molecule has 10 heteroatoms. The zero-order chi connectivity index (χ0) is 24.4. The molecule has 33 heavy (non-hydrogen) atoms. The summed E-state index contributed by atoms with van der Waals surface area (Å²) >= 11 is 12.1. The second kappa shape index (κ2) is 13.2. The van der Waals surface area contributed by atoms with Gasteiger partial charge in [-0.1, -0.05) is 44.0 Å². The third-order valence-electron chi connectivity index (χ3n) is 5.11. The highest BCUT2D eigenvalue weighted by atomic mass is 35.5. The number of hydrogen-bond acceptors (Lipinski definition) is 5. The van der Waals surface area contributed by atoms with Crippen molar-refractivity contribution in [2.75, 3.05) is 0 Å². The number of amides is 3. The highest BCUT2D eigenvalue weighted by Crippen LogP contribution is 2.21. The van der Waals surface area contributed by atoms with Crippen LogP contribution in [0, 0.1) is 11.8 Å². The van der Waals surface area contributed by atoms with Crippen LogP contribution in [0.1, 0.15) is 38.0 Å². The Balaban J connectivity index is 2.19. The number of benzene rings is 1. The summed E-state index contributed by atoms with van der Waals surface area (Å²) in [4.78, 5) is 38.0. The first-order valence-electron chi connectivity index (χ1n) is 10.6. The van der Waals surface area contributed by atoms with E-state index in [1.54, 1.807) is 36.4 Å². The molecule has 3 amide bonds. The third-order valence-corrected chi connectivity index (χ3v) is 5.86. The molecule has 0 unspecified atom stereocenters. The van der Waals surface area contributed by atoms with Gasteiger partial charge in [0.05, 0.1) is 18.7 Å². The van der Waals surface area contributed by atoms with Crippen LogP contribution in [0.3, 0.4) is 0 Å². The normalized spacial score (nSPS) is 13.8. The summed E-state index contributed by atoms with van der Waals surface area (Å²) in [5.41, 5.74) is 2.28. The molecule has 4 N–H and O–H groups in total. The Kier molecular flexibility index (Phi) is 10.7. The average Bonchev–Trinajstić information content (AvgIpc) is 3.31. The van der Waals surface area contributed by atoms with Crippen LogP contribution in [0.2, 0.25) is 5.02 Å². The van der Waals surface area contributed by atoms with Crippen LogP contribution in [0.25, 0.3) is 0 Å². The summed E-state index contributed by atoms with van der Waals surface area (Å²) < 4.78 is 5.24. The van der Waals surface area contributed by atoms with Crippen LogP contribution in [0.4, 0.5) is 0 Å². The molecule has 0 fully saturated rings. The maximum absolute atomic E-state index is 13.1. The molecule has 0 aliphatic rings. The fourth-order valence-electron chi connectivity index (χ4n) is 3.22. The lowest BCUT2D eigenvalue weighted by Gasteiger charge is -2.25. The Morgan fingerprint density at radius 1 is 1.03 bits per heavy atom. The lowest BCUT2D eigenvalue weighted by Crippen LogP contribution is -2.51. The maximum atomic E-state index is 13.1. The van der Waals surface area contributed by atoms with Gasteiger partial charge in [0.15, 0.2) is 0 Å². The molecule has 2 aromatic rings. The van der Waals surface area contributed by atoms with Crippen molar-refractivity contribution in [3.05, 3.63) is 59.0 Å². The van der Waals surface area contributed by atoms with E-state index in [-0.39, 0.29) is 18.9 Å². The first-order valence-corrected chi connectivity index (χ1v) is 11.5. The number of rotatable bonds is 12. The molecule has 1 aromatic carbocycles. The van der Waals surface area contributed by atoms with Crippen LogP contribution in [0.15, 0.2) is 47.1 Å². The highest BCUT2D eigenvalue weighted by molar-refractivity contribution is 6.32. The topological polar surface area (TPSA) is 121 Å². The Hall–Kier alpha value is -2.55. The fourth-order valence-corrected chi connectivity index (χ4v) is 3.64. The minimum atomic E-state index is -1.30. The standard InChI is InChI=1S/C23H29Cl2N3O5/c1-14(2)5-10-18(20(25)23(31)28-32)21(29)27-19(12-15-6-8-16(24)9-7-15)22(30)26-13-17-4-3-11-33-17/h3-4,6-9,11,14,18-20,32H,5,10,12-13H2,1-2H3,(H,26,30)(H,27,29)(H,28,31)/t18-,19+,20-/m1/s1. The van der Waals surface area contributed by atoms with E-state index in [1.165, 1.54) is 11.7 Å². The number of furan rings is 1. The highest BCUT2D eigenvalue weighted by Gasteiger charge is 2.34. The van der Waals surface area contributed by atoms with Crippen molar-refractivity contribution in [2.45, 2.75) is 51.1 Å². The number of nitrogens with one attached hydrogen (secondary N) is 3. The number of hydroxylamine groups is 1. The van der Waals surface area contributed by atoms with Crippen molar-refractivity contribution in [2.24, 2.45) is 11.8 Å². The predicted molar refractivity (Wildman–Crippen MR) is 125 cm³/mol. The van der Waals surface area contributed by atoms with Crippen LogP contribution < -0.4 is 16.1 Å². The zero-order valence-electron chi connectivity index (χ0n) is 18.5. The Morgan fingerprint density at radius 3 is 2.30 bits per heavy atom. The van der Waals surface area contributed by atoms with Gasteiger partial charge in [0.1, 0.15) is 17.2 Å². The van der Waals surface area contributed by atoms with Crippen LogP contribution in [-0.4, -0.2) is 34.3 Å². The van der Waals surface area contributed by atoms with Crippen LogP contribution in [0.5, 0.6) is 0 Å². The predicted octanol–water partition coefficient (Wildman–Crippen LogP) is 3.44. The monoisotopic (exact) mass is 497 g/mol. The van der Waals surface area contributed by atoms with E-state index in [9.17, 15) is 14.4 Å². The van der Waals surface area contributed by atoms with Gasteiger partial charge in [0.2, 0.25) is 11.8 Å². The molecule has 0 radical (unpaired) electrons. The average molecular weight is 498 g/mol. The molecule has 180 valence electrons. The Morgan fingerprint density at radius 2 is 1.73 bits per heavy atom. The molecule has 2 rings (SSSR count). The van der Waals surface area contributed by atoms with Gasteiger partial charge in [-0.2, -0.15) is 0 Å². The van der Waals surface area contributed by atoms with E-state index >= 15 is 0 Å². The number of carbonyl (C=O) groups is 3. The van der Waals surface area contributed by atoms with Gasteiger partial charge in [-0.25, -0.2) is 5.48 Å². The first-order chi connectivity index (χ1) is 15.7. The molecule has 0 saturated heterocycles. The van der Waals surface area contributed by atoms with Gasteiger partial charge < -0.3 is 15.1 Å². The second-order valence-corrected chi connectivity index (χ2v) is 9.05. The smallest absolute Gasteiger partial charge is 0.262 e. The fraction of sp³-hybridized carbons (Fsp3) is 0.435. The Labute approximate surface area is 203 Å². The summed E-state index contributed by atoms with van der Waals surface area (Å²) in [5.74, 6) is -1.96. The molecule has 0 bridgehead atoms. The van der Waals surface area contributed by atoms with Crippen molar-refractivity contribution in [3.8, 4) is 0 Å². The minimum Gasteiger partial charge on any atom is -0.467 e. The summed E-state index contributed by atoms with van der Waals surface area (Å²) in [6.07, 6.45) is 2.64. The Bertz CT molecular complexity index is 903. The van der Waals surface area contributed by atoms with Gasteiger partial charge >= 0.3 is 0 Å². The summed E-state index contributed by atoms with van der Waals surface area (Å²) in [7, 11) is 0. The molecule has 0 aliphatic heterocycles. The van der Waals surface area contributed by atoms with E-state index < -0.39 is 35.1 Å². The summed E-state index contributed by atoms with van der Waals surface area (Å²) in [5, 5.41) is 13.7. The van der Waals surface area contributed by atoms with Crippen LogP contribution >= 0.6 is 23.2 Å². The van der Waals surface area contributed by atoms with Crippen LogP contribution in [-0.2, 0) is 27.3 Å². The number of carbonyl (C=O) groups excluding carboxylic acids is 3. The van der Waals surface area contributed by atoms with Gasteiger partial charge in [-0.3, -0.25) is 19.6 Å². The summed E-state index contributed by atoms with van der Waals surface area (Å²) in [6.45, 7) is 4.12. The lowest BCUT2D eigenvalue weighted by molar-refractivity contribution is -0.136.